The van der Waals surface area contributed by atoms with E-state index >= 15 is 0 Å². The average Bonchev–Trinajstić information content (AvgIpc) is 2.69. The molecular weight excluding hydrogens is 268 g/mol. The van der Waals surface area contributed by atoms with E-state index in [0.29, 0.717) is 5.69 Å². The van der Waals surface area contributed by atoms with Gasteiger partial charge in [-0.3, -0.25) is 0 Å². The molecule has 1 aromatic heterocycles. The maximum Gasteiger partial charge on any atom is 0.217 e. The molecule has 0 spiro atoms. The molecule has 1 aromatic carbocycles. The van der Waals surface area contributed by atoms with Gasteiger partial charge in [0.25, 0.3) is 0 Å². The Hall–Kier alpha value is -1.40. The molecule has 18 heavy (non-hydrogen) atoms. The zero-order valence-corrected chi connectivity index (χ0v) is 11.8. The fourth-order valence-electron chi connectivity index (χ4n) is 1.66. The van der Waals surface area contributed by atoms with Gasteiger partial charge in [-0.05, 0) is 31.0 Å². The second-order valence-electron chi connectivity index (χ2n) is 3.93. The van der Waals surface area contributed by atoms with Gasteiger partial charge in [0, 0.05) is 0 Å². The van der Waals surface area contributed by atoms with Gasteiger partial charge in [-0.2, -0.15) is 0 Å². The van der Waals surface area contributed by atoms with Gasteiger partial charge in [0.2, 0.25) is 9.84 Å². The molecule has 4 nitrogen and oxygen atoms in total. The number of rotatable bonds is 3. The molecular formula is C12H14N2O2S2. The van der Waals surface area contributed by atoms with Crippen LogP contribution in [-0.4, -0.2) is 13.4 Å². The highest BCUT2D eigenvalue weighted by Gasteiger charge is 2.23. The van der Waals surface area contributed by atoms with E-state index in [-0.39, 0.29) is 14.2 Å². The Bertz CT molecular complexity index is 658. The third-order valence-electron chi connectivity index (χ3n) is 2.66. The predicted molar refractivity (Wildman–Crippen MR) is 72.5 cm³/mol. The number of benzene rings is 1. The van der Waals surface area contributed by atoms with Crippen LogP contribution in [0.5, 0.6) is 0 Å². The lowest BCUT2D eigenvalue weighted by Gasteiger charge is -2.03. The van der Waals surface area contributed by atoms with Crippen LogP contribution in [0.2, 0.25) is 0 Å². The van der Waals surface area contributed by atoms with E-state index in [9.17, 15) is 8.42 Å². The quantitative estimate of drug-likeness (QED) is 0.938. The summed E-state index contributed by atoms with van der Waals surface area (Å²) in [4.78, 5) is 4.24. The van der Waals surface area contributed by atoms with Crippen LogP contribution in [-0.2, 0) is 16.3 Å². The van der Waals surface area contributed by atoms with Crippen molar-refractivity contribution >= 4 is 26.3 Å². The van der Waals surface area contributed by atoms with Crippen LogP contribution in [0.15, 0.2) is 33.4 Å². The van der Waals surface area contributed by atoms with E-state index in [2.05, 4.69) is 4.98 Å². The molecule has 0 fully saturated rings. The number of anilines is 1. The Kier molecular flexibility index (Phi) is 3.41. The molecule has 0 unspecified atom stereocenters. The second-order valence-corrected chi connectivity index (χ2v) is 7.10. The number of nitrogens with two attached hydrogens (primary N) is 1. The lowest BCUT2D eigenvalue weighted by atomic mass is 10.2. The molecule has 1 heterocycles. The summed E-state index contributed by atoms with van der Waals surface area (Å²) in [5, 5.41) is 0.274. The van der Waals surface area contributed by atoms with Crippen LogP contribution in [0.4, 0.5) is 5.13 Å². The van der Waals surface area contributed by atoms with Crippen LogP contribution in [0.1, 0.15) is 18.2 Å². The first-order valence-electron chi connectivity index (χ1n) is 5.52. The van der Waals surface area contributed by atoms with E-state index in [1.54, 1.807) is 19.1 Å². The van der Waals surface area contributed by atoms with Crippen molar-refractivity contribution in [1.82, 2.24) is 4.98 Å². The Balaban J connectivity index is 2.51. The zero-order valence-electron chi connectivity index (χ0n) is 10.2. The molecule has 0 radical (unpaired) electrons. The summed E-state index contributed by atoms with van der Waals surface area (Å²) in [6.07, 6.45) is 0.882. The molecule has 0 bridgehead atoms. The topological polar surface area (TPSA) is 73.0 Å². The zero-order chi connectivity index (χ0) is 13.3. The van der Waals surface area contributed by atoms with E-state index in [4.69, 9.17) is 5.73 Å². The monoisotopic (exact) mass is 282 g/mol. The Morgan fingerprint density at radius 2 is 1.89 bits per heavy atom. The van der Waals surface area contributed by atoms with Gasteiger partial charge in [0.05, 0.1) is 10.6 Å². The van der Waals surface area contributed by atoms with E-state index < -0.39 is 9.84 Å². The van der Waals surface area contributed by atoms with Crippen molar-refractivity contribution in [1.29, 1.82) is 0 Å². The first-order valence-corrected chi connectivity index (χ1v) is 7.82. The van der Waals surface area contributed by atoms with E-state index in [1.807, 2.05) is 19.1 Å². The Labute approximate surface area is 110 Å². The molecule has 2 rings (SSSR count). The van der Waals surface area contributed by atoms with Crippen LogP contribution in [0.25, 0.3) is 0 Å². The van der Waals surface area contributed by atoms with Crippen molar-refractivity contribution in [3.8, 4) is 0 Å². The second kappa shape index (κ2) is 4.70. The summed E-state index contributed by atoms with van der Waals surface area (Å²) in [6, 6.07) is 6.91. The summed E-state index contributed by atoms with van der Waals surface area (Å²) in [6.45, 7) is 3.68. The van der Waals surface area contributed by atoms with Crippen molar-refractivity contribution in [2.45, 2.75) is 29.4 Å². The lowest BCUT2D eigenvalue weighted by molar-refractivity contribution is 0.597. The Morgan fingerprint density at radius 1 is 1.28 bits per heavy atom. The fourth-order valence-corrected chi connectivity index (χ4v) is 4.36. The van der Waals surface area contributed by atoms with Crippen molar-refractivity contribution in [3.63, 3.8) is 0 Å². The predicted octanol–water partition coefficient (Wildman–Crippen LogP) is 2.43. The molecule has 0 amide bonds. The van der Waals surface area contributed by atoms with Gasteiger partial charge >= 0.3 is 0 Å². The minimum atomic E-state index is -3.50. The van der Waals surface area contributed by atoms with Gasteiger partial charge in [-0.25, -0.2) is 13.4 Å². The molecule has 2 aromatic rings. The molecule has 96 valence electrons. The molecule has 0 aliphatic carbocycles. The van der Waals surface area contributed by atoms with Gasteiger partial charge in [-0.1, -0.05) is 30.4 Å². The third kappa shape index (κ3) is 2.26. The number of thiazole rings is 1. The van der Waals surface area contributed by atoms with Crippen molar-refractivity contribution in [2.75, 3.05) is 5.73 Å². The molecule has 2 N–H and O–H groups in total. The summed E-state index contributed by atoms with van der Waals surface area (Å²) in [7, 11) is -3.50. The average molecular weight is 282 g/mol. The molecule has 0 saturated heterocycles. The largest absolute Gasteiger partial charge is 0.375 e. The number of hydrogen-bond donors (Lipinski definition) is 1. The summed E-state index contributed by atoms with van der Waals surface area (Å²) in [5.74, 6) is 0. The maximum absolute atomic E-state index is 12.4. The number of nitrogens with zero attached hydrogens (tertiary/aromatic N) is 1. The number of nitrogen functional groups attached to an aromatic ring is 1. The normalized spacial score (nSPS) is 11.7. The fraction of sp³-hybridized carbons (Fsp3) is 0.250. The van der Waals surface area contributed by atoms with Gasteiger partial charge in [0.1, 0.15) is 4.21 Å². The smallest absolute Gasteiger partial charge is 0.217 e. The van der Waals surface area contributed by atoms with Crippen LogP contribution in [0, 0.1) is 6.92 Å². The summed E-state index contributed by atoms with van der Waals surface area (Å²) in [5.41, 5.74) is 7.10. The van der Waals surface area contributed by atoms with Gasteiger partial charge < -0.3 is 5.73 Å². The van der Waals surface area contributed by atoms with Crippen molar-refractivity contribution < 1.29 is 8.42 Å². The van der Waals surface area contributed by atoms with E-state index in [1.165, 1.54) is 0 Å². The highest BCUT2D eigenvalue weighted by atomic mass is 32.2. The summed E-state index contributed by atoms with van der Waals surface area (Å²) >= 11 is 1.00. The SMILES string of the molecule is CCc1ccc(S(=O)(=O)c2sc(N)nc2C)cc1. The van der Waals surface area contributed by atoms with Crippen LogP contribution in [0.3, 0.4) is 0 Å². The maximum atomic E-state index is 12.4. The van der Waals surface area contributed by atoms with Gasteiger partial charge in [0.15, 0.2) is 5.13 Å². The molecule has 0 atom stereocenters. The van der Waals surface area contributed by atoms with Crippen LogP contribution >= 0.6 is 11.3 Å². The number of hydrogen-bond acceptors (Lipinski definition) is 5. The molecule has 6 heteroatoms. The lowest BCUT2D eigenvalue weighted by Crippen LogP contribution is -2.01. The molecule has 0 aliphatic heterocycles. The van der Waals surface area contributed by atoms with E-state index in [0.717, 1.165) is 23.3 Å². The minimum Gasteiger partial charge on any atom is -0.375 e. The third-order valence-corrected chi connectivity index (χ3v) is 6.02. The van der Waals surface area contributed by atoms with Crippen LogP contribution < -0.4 is 5.73 Å². The molecule has 0 saturated carbocycles. The van der Waals surface area contributed by atoms with Crippen molar-refractivity contribution in [3.05, 3.63) is 35.5 Å². The Morgan fingerprint density at radius 3 is 2.33 bits per heavy atom. The standard InChI is InChI=1S/C12H14N2O2S2/c1-3-9-4-6-10(7-5-9)18(15,16)11-8(2)14-12(13)17-11/h4-7H,3H2,1-2H3,(H2,13,14). The van der Waals surface area contributed by atoms with Crippen molar-refractivity contribution in [2.24, 2.45) is 0 Å². The number of aromatic nitrogens is 1. The highest BCUT2D eigenvalue weighted by Crippen LogP contribution is 2.30. The minimum absolute atomic E-state index is 0.226. The number of aryl methyl sites for hydroxylation is 2. The summed E-state index contributed by atoms with van der Waals surface area (Å²) < 4.78 is 25.0. The number of sulfone groups is 1. The first-order chi connectivity index (χ1) is 8.45. The first kappa shape index (κ1) is 13.0. The highest BCUT2D eigenvalue weighted by molar-refractivity contribution is 7.93. The molecule has 0 aliphatic rings. The van der Waals surface area contributed by atoms with Gasteiger partial charge in [-0.15, -0.1) is 0 Å².